The zero-order valence-corrected chi connectivity index (χ0v) is 11.5. The average molecular weight is 228 g/mol. The molecule has 0 bridgehead atoms. The minimum atomic E-state index is 0.0540. The Morgan fingerprint density at radius 3 is 2.31 bits per heavy atom. The van der Waals surface area contributed by atoms with Crippen molar-refractivity contribution >= 4 is 0 Å². The lowest BCUT2D eigenvalue weighted by Crippen LogP contribution is -2.61. The van der Waals surface area contributed by atoms with Crippen molar-refractivity contribution in [3.05, 3.63) is 0 Å². The number of nitrogens with two attached hydrogens (primary N) is 1. The second-order valence-corrected chi connectivity index (χ2v) is 5.71. The van der Waals surface area contributed by atoms with Crippen molar-refractivity contribution in [1.82, 2.24) is 4.90 Å². The molecular formula is C13H28N2O. The maximum Gasteiger partial charge on any atom is 0.0743 e. The third kappa shape index (κ3) is 2.58. The molecule has 0 spiro atoms. The van der Waals surface area contributed by atoms with E-state index in [2.05, 4.69) is 39.5 Å². The molecular weight excluding hydrogens is 200 g/mol. The predicted octanol–water partition coefficient (Wildman–Crippen LogP) is 1.86. The highest BCUT2D eigenvalue weighted by Gasteiger charge is 2.46. The van der Waals surface area contributed by atoms with Crippen molar-refractivity contribution in [1.29, 1.82) is 0 Å². The zero-order chi connectivity index (χ0) is 12.3. The van der Waals surface area contributed by atoms with Gasteiger partial charge in [-0.15, -0.1) is 0 Å². The standard InChI is InChI=1S/C13H28N2O/c1-10(2)8-15(11(3)4)13(9-14)6-7-16-12(13)5/h10-12H,6-9,14H2,1-5H3. The second-order valence-electron chi connectivity index (χ2n) is 5.71. The molecule has 3 nitrogen and oxygen atoms in total. The van der Waals surface area contributed by atoms with Crippen molar-refractivity contribution < 1.29 is 4.74 Å². The molecule has 1 aliphatic rings. The quantitative estimate of drug-likeness (QED) is 0.780. The fourth-order valence-corrected chi connectivity index (χ4v) is 2.83. The molecule has 0 saturated carbocycles. The minimum Gasteiger partial charge on any atom is -0.376 e. The van der Waals surface area contributed by atoms with E-state index in [-0.39, 0.29) is 11.6 Å². The van der Waals surface area contributed by atoms with Crippen LogP contribution < -0.4 is 5.73 Å². The summed E-state index contributed by atoms with van der Waals surface area (Å²) in [6, 6.07) is 0.523. The van der Waals surface area contributed by atoms with Gasteiger partial charge in [0, 0.05) is 25.7 Å². The smallest absolute Gasteiger partial charge is 0.0743 e. The molecule has 0 aromatic heterocycles. The molecule has 0 aliphatic carbocycles. The predicted molar refractivity (Wildman–Crippen MR) is 68.5 cm³/mol. The van der Waals surface area contributed by atoms with Crippen LogP contribution in [0.25, 0.3) is 0 Å². The number of ether oxygens (including phenoxy) is 1. The maximum atomic E-state index is 6.05. The summed E-state index contributed by atoms with van der Waals surface area (Å²) in [6.07, 6.45) is 1.31. The molecule has 1 aliphatic heterocycles. The first-order chi connectivity index (χ1) is 7.44. The van der Waals surface area contributed by atoms with Crippen LogP contribution in [0.3, 0.4) is 0 Å². The van der Waals surface area contributed by atoms with Crippen molar-refractivity contribution in [2.24, 2.45) is 11.7 Å². The topological polar surface area (TPSA) is 38.5 Å². The number of nitrogens with zero attached hydrogens (tertiary/aromatic N) is 1. The van der Waals surface area contributed by atoms with Crippen molar-refractivity contribution in [2.75, 3.05) is 19.7 Å². The Morgan fingerprint density at radius 2 is 2.00 bits per heavy atom. The van der Waals surface area contributed by atoms with Gasteiger partial charge < -0.3 is 10.5 Å². The lowest BCUT2D eigenvalue weighted by molar-refractivity contribution is -0.00910. The van der Waals surface area contributed by atoms with Crippen molar-refractivity contribution in [3.8, 4) is 0 Å². The summed E-state index contributed by atoms with van der Waals surface area (Å²) in [5, 5.41) is 0. The van der Waals surface area contributed by atoms with Crippen LogP contribution in [0.1, 0.15) is 41.0 Å². The Kier molecular flexibility index (Phi) is 4.77. The van der Waals surface area contributed by atoms with E-state index >= 15 is 0 Å². The third-order valence-electron chi connectivity index (χ3n) is 3.77. The normalized spacial score (nSPS) is 30.9. The summed E-state index contributed by atoms with van der Waals surface area (Å²) in [6.45, 7) is 13.8. The lowest BCUT2D eigenvalue weighted by Gasteiger charge is -2.46. The van der Waals surface area contributed by atoms with Crippen molar-refractivity contribution in [3.63, 3.8) is 0 Å². The summed E-state index contributed by atoms with van der Waals surface area (Å²) in [5.74, 6) is 0.665. The van der Waals surface area contributed by atoms with E-state index in [1.807, 2.05) is 0 Å². The maximum absolute atomic E-state index is 6.05. The Bertz CT molecular complexity index is 218. The highest BCUT2D eigenvalue weighted by molar-refractivity contribution is 5.01. The molecule has 2 N–H and O–H groups in total. The number of hydrogen-bond acceptors (Lipinski definition) is 3. The van der Waals surface area contributed by atoms with Gasteiger partial charge >= 0.3 is 0 Å². The van der Waals surface area contributed by atoms with Crippen LogP contribution in [0.5, 0.6) is 0 Å². The Balaban J connectivity index is 2.88. The Labute approximate surface area is 100 Å². The van der Waals surface area contributed by atoms with Gasteiger partial charge in [0.15, 0.2) is 0 Å². The Morgan fingerprint density at radius 1 is 1.38 bits per heavy atom. The van der Waals surface area contributed by atoms with Gasteiger partial charge in [-0.1, -0.05) is 13.8 Å². The molecule has 0 amide bonds. The van der Waals surface area contributed by atoms with E-state index in [1.54, 1.807) is 0 Å². The van der Waals surface area contributed by atoms with Crippen LogP contribution in [0.15, 0.2) is 0 Å². The van der Waals surface area contributed by atoms with Crippen molar-refractivity contribution in [2.45, 2.75) is 58.7 Å². The SMILES string of the molecule is CC(C)CN(C(C)C)C1(CN)CCOC1C. The zero-order valence-electron chi connectivity index (χ0n) is 11.5. The molecule has 0 aromatic carbocycles. The molecule has 16 heavy (non-hydrogen) atoms. The molecule has 1 fully saturated rings. The largest absolute Gasteiger partial charge is 0.376 e. The van der Waals surface area contributed by atoms with Gasteiger partial charge in [0.05, 0.1) is 11.6 Å². The summed E-state index contributed by atoms with van der Waals surface area (Å²) in [7, 11) is 0. The highest BCUT2D eigenvalue weighted by Crippen LogP contribution is 2.33. The van der Waals surface area contributed by atoms with E-state index in [9.17, 15) is 0 Å². The van der Waals surface area contributed by atoms with E-state index in [0.717, 1.165) is 19.6 Å². The van der Waals surface area contributed by atoms with E-state index in [4.69, 9.17) is 10.5 Å². The fourth-order valence-electron chi connectivity index (χ4n) is 2.83. The van der Waals surface area contributed by atoms with Crippen LogP contribution in [0.2, 0.25) is 0 Å². The Hall–Kier alpha value is -0.120. The lowest BCUT2D eigenvalue weighted by atomic mass is 9.87. The molecule has 1 heterocycles. The van der Waals surface area contributed by atoms with Gasteiger partial charge in [-0.3, -0.25) is 4.90 Å². The first-order valence-corrected chi connectivity index (χ1v) is 6.52. The van der Waals surface area contributed by atoms with E-state index < -0.39 is 0 Å². The van der Waals surface area contributed by atoms with Gasteiger partial charge in [0.25, 0.3) is 0 Å². The van der Waals surface area contributed by atoms with E-state index in [1.165, 1.54) is 0 Å². The molecule has 1 saturated heterocycles. The van der Waals surface area contributed by atoms with Crippen LogP contribution in [0.4, 0.5) is 0 Å². The summed E-state index contributed by atoms with van der Waals surface area (Å²) < 4.78 is 5.75. The van der Waals surface area contributed by atoms with Crippen LogP contribution in [-0.2, 0) is 4.74 Å². The third-order valence-corrected chi connectivity index (χ3v) is 3.77. The molecule has 0 radical (unpaired) electrons. The first kappa shape index (κ1) is 13.9. The number of hydrogen-bond donors (Lipinski definition) is 1. The van der Waals surface area contributed by atoms with Gasteiger partial charge in [-0.2, -0.15) is 0 Å². The van der Waals surface area contributed by atoms with Gasteiger partial charge in [-0.25, -0.2) is 0 Å². The first-order valence-electron chi connectivity index (χ1n) is 6.52. The minimum absolute atomic E-state index is 0.0540. The molecule has 96 valence electrons. The van der Waals surface area contributed by atoms with Crippen LogP contribution in [-0.4, -0.2) is 42.3 Å². The second kappa shape index (κ2) is 5.48. The summed E-state index contributed by atoms with van der Waals surface area (Å²) in [4.78, 5) is 2.55. The molecule has 1 rings (SSSR count). The summed E-state index contributed by atoms with van der Waals surface area (Å²) in [5.41, 5.74) is 6.11. The van der Waals surface area contributed by atoms with Gasteiger partial charge in [-0.05, 0) is 33.1 Å². The van der Waals surface area contributed by atoms with Gasteiger partial charge in [0.2, 0.25) is 0 Å². The molecule has 0 aromatic rings. The number of rotatable bonds is 5. The fraction of sp³-hybridized carbons (Fsp3) is 1.00. The van der Waals surface area contributed by atoms with Crippen LogP contribution in [0, 0.1) is 5.92 Å². The van der Waals surface area contributed by atoms with E-state index in [0.29, 0.717) is 18.5 Å². The molecule has 3 heteroatoms. The van der Waals surface area contributed by atoms with Gasteiger partial charge in [0.1, 0.15) is 0 Å². The monoisotopic (exact) mass is 228 g/mol. The highest BCUT2D eigenvalue weighted by atomic mass is 16.5. The average Bonchev–Trinajstić information content (AvgIpc) is 2.56. The van der Waals surface area contributed by atoms with Crippen LogP contribution >= 0.6 is 0 Å². The molecule has 2 unspecified atom stereocenters. The molecule has 2 atom stereocenters. The summed E-state index contributed by atoms with van der Waals surface area (Å²) >= 11 is 0.